The van der Waals surface area contributed by atoms with E-state index in [0.717, 1.165) is 38.5 Å². The molecule has 2 rings (SSSR count). The lowest BCUT2D eigenvalue weighted by Gasteiger charge is -2.29. The molecule has 1 atom stereocenters. The van der Waals surface area contributed by atoms with Crippen LogP contribution in [0.4, 0.5) is 15.8 Å². The fourth-order valence-electron chi connectivity index (χ4n) is 2.76. The quantitative estimate of drug-likeness (QED) is 0.647. The maximum atomic E-state index is 14.2. The lowest BCUT2D eigenvalue weighted by molar-refractivity contribution is -0.385. The molecule has 1 heterocycles. The van der Waals surface area contributed by atoms with Crippen LogP contribution in [0.2, 0.25) is 0 Å². The van der Waals surface area contributed by atoms with Gasteiger partial charge in [0, 0.05) is 25.2 Å². The molecule has 1 unspecified atom stereocenters. The van der Waals surface area contributed by atoms with Gasteiger partial charge in [-0.2, -0.15) is 0 Å². The number of nitro groups is 1. The number of nitrogens with one attached hydrogen (secondary N) is 1. The minimum Gasteiger partial charge on any atom is -0.367 e. The Morgan fingerprint density at radius 2 is 2.29 bits per heavy atom. The third-order valence-corrected chi connectivity index (χ3v) is 3.67. The van der Waals surface area contributed by atoms with Crippen LogP contribution in [0.15, 0.2) is 18.2 Å². The van der Waals surface area contributed by atoms with Gasteiger partial charge < -0.3 is 10.2 Å². The second-order valence-corrected chi connectivity index (χ2v) is 5.98. The molecular weight excluding hydrogens is 273 g/mol. The van der Waals surface area contributed by atoms with Gasteiger partial charge in [0.15, 0.2) is 5.82 Å². The van der Waals surface area contributed by atoms with Crippen LogP contribution < -0.4 is 10.2 Å². The highest BCUT2D eigenvalue weighted by Gasteiger charge is 2.22. The van der Waals surface area contributed by atoms with Crippen LogP contribution in [0.1, 0.15) is 26.7 Å². The highest BCUT2D eigenvalue weighted by atomic mass is 19.1. The number of non-ortho nitro benzene ring substituents is 1. The molecule has 1 aromatic carbocycles. The lowest BCUT2D eigenvalue weighted by atomic mass is 10.1. The van der Waals surface area contributed by atoms with Gasteiger partial charge in [-0.25, -0.2) is 4.39 Å². The second-order valence-electron chi connectivity index (χ2n) is 5.98. The zero-order chi connectivity index (χ0) is 15.4. The third kappa shape index (κ3) is 4.14. The molecule has 6 heteroatoms. The van der Waals surface area contributed by atoms with Gasteiger partial charge in [0.2, 0.25) is 0 Å². The van der Waals surface area contributed by atoms with Gasteiger partial charge in [0.05, 0.1) is 16.7 Å². The van der Waals surface area contributed by atoms with Gasteiger partial charge in [0.25, 0.3) is 5.69 Å². The Morgan fingerprint density at radius 1 is 1.52 bits per heavy atom. The van der Waals surface area contributed by atoms with Gasteiger partial charge >= 0.3 is 0 Å². The van der Waals surface area contributed by atoms with E-state index in [1.165, 1.54) is 12.1 Å². The maximum Gasteiger partial charge on any atom is 0.272 e. The Bertz CT molecular complexity index is 502. The number of nitro benzene ring substituents is 1. The predicted octanol–water partition coefficient (Wildman–Crippen LogP) is 2.95. The van der Waals surface area contributed by atoms with E-state index >= 15 is 0 Å². The summed E-state index contributed by atoms with van der Waals surface area (Å²) in [4.78, 5) is 12.1. The fraction of sp³-hybridized carbons (Fsp3) is 0.600. The first-order chi connectivity index (χ1) is 9.97. The summed E-state index contributed by atoms with van der Waals surface area (Å²) in [6.07, 6.45) is 2.23. The summed E-state index contributed by atoms with van der Waals surface area (Å²) < 4.78 is 14.2. The van der Waals surface area contributed by atoms with Crippen molar-refractivity contribution >= 4 is 11.4 Å². The Hall–Kier alpha value is -1.69. The van der Waals surface area contributed by atoms with Crippen LogP contribution in [0.3, 0.4) is 0 Å². The minimum atomic E-state index is -0.571. The molecule has 0 saturated carbocycles. The average Bonchev–Trinajstić information content (AvgIpc) is 2.90. The summed E-state index contributed by atoms with van der Waals surface area (Å²) in [6.45, 7) is 6.62. The van der Waals surface area contributed by atoms with Gasteiger partial charge in [0.1, 0.15) is 0 Å². The number of benzene rings is 1. The molecule has 5 nitrogen and oxygen atoms in total. The van der Waals surface area contributed by atoms with E-state index in [4.69, 9.17) is 0 Å². The summed E-state index contributed by atoms with van der Waals surface area (Å²) in [5.41, 5.74) is 0.239. The van der Waals surface area contributed by atoms with E-state index in [1.807, 2.05) is 4.90 Å². The number of hydrogen-bond acceptors (Lipinski definition) is 4. The summed E-state index contributed by atoms with van der Waals surface area (Å²) in [5.74, 6) is -0.135. The van der Waals surface area contributed by atoms with Gasteiger partial charge in [-0.3, -0.25) is 10.1 Å². The molecule has 0 aliphatic carbocycles. The number of halogens is 1. The molecule has 1 aromatic rings. The van der Waals surface area contributed by atoms with Crippen LogP contribution in [0.25, 0.3) is 0 Å². The average molecular weight is 295 g/mol. The highest BCUT2D eigenvalue weighted by molar-refractivity contribution is 5.52. The summed E-state index contributed by atoms with van der Waals surface area (Å²) in [6, 6.07) is 4.25. The van der Waals surface area contributed by atoms with E-state index in [0.29, 0.717) is 17.6 Å². The standard InChI is InChI=1S/C15H22FN3O2/c1-11(2)9-18(10-12-4-3-7-17-12)15-6-5-13(19(20)21)8-14(15)16/h5-6,8,11-12,17H,3-4,7,9-10H2,1-2H3. The summed E-state index contributed by atoms with van der Waals surface area (Å²) in [7, 11) is 0. The van der Waals surface area contributed by atoms with Crippen LogP contribution in [0.5, 0.6) is 0 Å². The molecule has 1 aliphatic rings. The van der Waals surface area contributed by atoms with Crippen molar-refractivity contribution in [2.45, 2.75) is 32.7 Å². The van der Waals surface area contributed by atoms with Crippen molar-refractivity contribution in [3.05, 3.63) is 34.1 Å². The molecule has 0 radical (unpaired) electrons. The Labute approximate surface area is 124 Å². The molecule has 0 bridgehead atoms. The van der Waals surface area contributed by atoms with E-state index < -0.39 is 10.7 Å². The van der Waals surface area contributed by atoms with Gasteiger partial charge in [-0.05, 0) is 31.4 Å². The molecule has 0 amide bonds. The SMILES string of the molecule is CC(C)CN(CC1CCCN1)c1ccc([N+](=O)[O-])cc1F. The number of anilines is 1. The molecule has 1 aliphatic heterocycles. The molecule has 0 aromatic heterocycles. The largest absolute Gasteiger partial charge is 0.367 e. The first-order valence-electron chi connectivity index (χ1n) is 7.39. The third-order valence-electron chi connectivity index (χ3n) is 3.67. The van der Waals surface area contributed by atoms with E-state index in [9.17, 15) is 14.5 Å². The normalized spacial score (nSPS) is 18.2. The first-order valence-corrected chi connectivity index (χ1v) is 7.39. The zero-order valence-corrected chi connectivity index (χ0v) is 12.5. The Kier molecular flexibility index (Phi) is 5.12. The molecule has 116 valence electrons. The molecular formula is C15H22FN3O2. The van der Waals surface area contributed by atoms with E-state index in [2.05, 4.69) is 19.2 Å². The van der Waals surface area contributed by atoms with Crippen molar-refractivity contribution in [3.8, 4) is 0 Å². The molecule has 21 heavy (non-hydrogen) atoms. The Morgan fingerprint density at radius 3 is 2.81 bits per heavy atom. The summed E-state index contributed by atoms with van der Waals surface area (Å²) >= 11 is 0. The first kappa shape index (κ1) is 15.7. The van der Waals surface area contributed by atoms with Crippen molar-refractivity contribution in [1.29, 1.82) is 0 Å². The minimum absolute atomic E-state index is 0.209. The van der Waals surface area contributed by atoms with Crippen LogP contribution in [0, 0.1) is 21.8 Å². The summed E-state index contributed by atoms with van der Waals surface area (Å²) in [5, 5.41) is 14.1. The van der Waals surface area contributed by atoms with Crippen LogP contribution in [-0.2, 0) is 0 Å². The molecule has 1 N–H and O–H groups in total. The smallest absolute Gasteiger partial charge is 0.272 e. The van der Waals surface area contributed by atoms with E-state index in [1.54, 1.807) is 0 Å². The topological polar surface area (TPSA) is 58.4 Å². The van der Waals surface area contributed by atoms with Gasteiger partial charge in [-0.15, -0.1) is 0 Å². The lowest BCUT2D eigenvalue weighted by Crippen LogP contribution is -2.39. The molecule has 1 fully saturated rings. The number of rotatable bonds is 6. The van der Waals surface area contributed by atoms with Gasteiger partial charge in [-0.1, -0.05) is 13.8 Å². The van der Waals surface area contributed by atoms with Crippen molar-refractivity contribution in [3.63, 3.8) is 0 Å². The van der Waals surface area contributed by atoms with Crippen LogP contribution in [-0.4, -0.2) is 30.6 Å². The monoisotopic (exact) mass is 295 g/mol. The predicted molar refractivity (Wildman–Crippen MR) is 81.1 cm³/mol. The molecule has 1 saturated heterocycles. The van der Waals surface area contributed by atoms with Crippen molar-refractivity contribution in [1.82, 2.24) is 5.32 Å². The highest BCUT2D eigenvalue weighted by Crippen LogP contribution is 2.25. The second kappa shape index (κ2) is 6.85. The molecule has 0 spiro atoms. The van der Waals surface area contributed by atoms with Crippen LogP contribution >= 0.6 is 0 Å². The number of hydrogen-bond donors (Lipinski definition) is 1. The fourth-order valence-corrected chi connectivity index (χ4v) is 2.76. The van der Waals surface area contributed by atoms with E-state index in [-0.39, 0.29) is 5.69 Å². The van der Waals surface area contributed by atoms with Crippen molar-refractivity contribution < 1.29 is 9.31 Å². The number of nitrogens with zero attached hydrogens (tertiary/aromatic N) is 2. The van der Waals surface area contributed by atoms with Crippen molar-refractivity contribution in [2.75, 3.05) is 24.5 Å². The zero-order valence-electron chi connectivity index (χ0n) is 12.5. The maximum absolute atomic E-state index is 14.2. The Balaban J connectivity index is 2.20. The van der Waals surface area contributed by atoms with Crippen molar-refractivity contribution in [2.24, 2.45) is 5.92 Å².